The van der Waals surface area contributed by atoms with E-state index in [0.717, 1.165) is 77.5 Å². The number of hydrogen-bond acceptors (Lipinski definition) is 3. The maximum Gasteiger partial charge on any atom is 0.159 e. The van der Waals surface area contributed by atoms with Crippen LogP contribution in [0.15, 0.2) is 160 Å². The molecular weight excluding hydrogens is 526 g/mol. The fourth-order valence-electron chi connectivity index (χ4n) is 6.57. The van der Waals surface area contributed by atoms with E-state index in [9.17, 15) is 0 Å². The molecule has 0 unspecified atom stereocenters. The number of benzene rings is 7. The highest BCUT2D eigenvalue weighted by Gasteiger charge is 2.23. The molecule has 2 aromatic heterocycles. The van der Waals surface area contributed by atoms with Crippen LogP contribution in [-0.2, 0) is 0 Å². The minimum atomic E-state index is 0.862. The summed E-state index contributed by atoms with van der Waals surface area (Å²) in [6.07, 6.45) is 0. The molecule has 7 aromatic carbocycles. The van der Waals surface area contributed by atoms with E-state index in [4.69, 9.17) is 8.83 Å². The minimum Gasteiger partial charge on any atom is -0.455 e. The van der Waals surface area contributed by atoms with Crippen molar-refractivity contribution >= 4 is 71.7 Å². The van der Waals surface area contributed by atoms with Crippen LogP contribution >= 0.6 is 0 Å². The standard InChI is InChI=1S/C40H25NO2/c1-2-13-27(14-3-1)41(35-21-10-19-32-30-17-7-9-22-36(30)42-40(32)35)34-20-8-6-16-29(34)31-18-11-23-37-38(31)33-25-24-26-12-4-5-15-28(26)39(33)43-37/h1-25H. The number of hydrogen-bond donors (Lipinski definition) is 0. The van der Waals surface area contributed by atoms with Crippen LogP contribution in [0.1, 0.15) is 0 Å². The average Bonchev–Trinajstić information content (AvgIpc) is 3.65. The molecule has 0 aliphatic carbocycles. The highest BCUT2D eigenvalue weighted by molar-refractivity contribution is 6.20. The second kappa shape index (κ2) is 9.37. The third-order valence-electron chi connectivity index (χ3n) is 8.46. The van der Waals surface area contributed by atoms with Crippen molar-refractivity contribution in [3.05, 3.63) is 152 Å². The summed E-state index contributed by atoms with van der Waals surface area (Å²) in [4.78, 5) is 2.32. The zero-order valence-electron chi connectivity index (χ0n) is 23.2. The van der Waals surface area contributed by atoms with Crippen LogP contribution in [0.4, 0.5) is 17.1 Å². The van der Waals surface area contributed by atoms with Gasteiger partial charge in [-0.25, -0.2) is 0 Å². The Kier molecular flexibility index (Phi) is 5.20. The van der Waals surface area contributed by atoms with Gasteiger partial charge in [-0.2, -0.15) is 0 Å². The monoisotopic (exact) mass is 551 g/mol. The summed E-state index contributed by atoms with van der Waals surface area (Å²) in [5.41, 5.74) is 8.88. The molecule has 0 aliphatic heterocycles. The van der Waals surface area contributed by atoms with E-state index in [0.29, 0.717) is 0 Å². The first-order valence-corrected chi connectivity index (χ1v) is 14.5. The molecule has 0 N–H and O–H groups in total. The topological polar surface area (TPSA) is 29.5 Å². The molecule has 0 saturated carbocycles. The summed E-state index contributed by atoms with van der Waals surface area (Å²) in [5.74, 6) is 0. The van der Waals surface area contributed by atoms with Gasteiger partial charge in [-0.1, -0.05) is 109 Å². The van der Waals surface area contributed by atoms with E-state index >= 15 is 0 Å². The van der Waals surface area contributed by atoms with E-state index in [-0.39, 0.29) is 0 Å². The number of nitrogens with zero attached hydrogens (tertiary/aromatic N) is 1. The molecule has 0 saturated heterocycles. The molecule has 0 amide bonds. The smallest absolute Gasteiger partial charge is 0.159 e. The first-order chi connectivity index (χ1) is 21.3. The van der Waals surface area contributed by atoms with Crippen molar-refractivity contribution in [3.8, 4) is 11.1 Å². The highest BCUT2D eigenvalue weighted by atomic mass is 16.3. The third-order valence-corrected chi connectivity index (χ3v) is 8.46. The highest BCUT2D eigenvalue weighted by Crippen LogP contribution is 2.47. The maximum atomic E-state index is 6.56. The van der Waals surface area contributed by atoms with Gasteiger partial charge in [0.2, 0.25) is 0 Å². The van der Waals surface area contributed by atoms with Crippen LogP contribution in [0.2, 0.25) is 0 Å². The van der Waals surface area contributed by atoms with Gasteiger partial charge in [-0.3, -0.25) is 0 Å². The molecule has 3 nitrogen and oxygen atoms in total. The van der Waals surface area contributed by atoms with Crippen molar-refractivity contribution < 1.29 is 8.83 Å². The van der Waals surface area contributed by atoms with Crippen LogP contribution in [0.3, 0.4) is 0 Å². The number of para-hydroxylation sites is 4. The molecule has 0 aliphatic rings. The molecule has 3 heteroatoms. The summed E-state index contributed by atoms with van der Waals surface area (Å²) < 4.78 is 13.1. The zero-order chi connectivity index (χ0) is 28.3. The lowest BCUT2D eigenvalue weighted by atomic mass is 9.96. The lowest BCUT2D eigenvalue weighted by Gasteiger charge is -2.28. The molecule has 9 rings (SSSR count). The lowest BCUT2D eigenvalue weighted by Crippen LogP contribution is -2.11. The van der Waals surface area contributed by atoms with E-state index in [1.54, 1.807) is 0 Å². The van der Waals surface area contributed by atoms with Crippen molar-refractivity contribution in [1.82, 2.24) is 0 Å². The Morgan fingerprint density at radius 1 is 0.372 bits per heavy atom. The van der Waals surface area contributed by atoms with Gasteiger partial charge in [0.25, 0.3) is 0 Å². The SMILES string of the molecule is c1ccc(N(c2ccccc2-c2cccc3oc4c5ccccc5ccc4c23)c2cccc3c2oc2ccccc23)cc1. The van der Waals surface area contributed by atoms with Crippen molar-refractivity contribution in [2.75, 3.05) is 4.90 Å². The van der Waals surface area contributed by atoms with Crippen molar-refractivity contribution in [1.29, 1.82) is 0 Å². The molecular formula is C40H25NO2. The molecule has 202 valence electrons. The number of anilines is 3. The average molecular weight is 552 g/mol. The van der Waals surface area contributed by atoms with Gasteiger partial charge < -0.3 is 13.7 Å². The molecule has 0 radical (unpaired) electrons. The fraction of sp³-hybridized carbons (Fsp3) is 0. The summed E-state index contributed by atoms with van der Waals surface area (Å²) in [6.45, 7) is 0. The summed E-state index contributed by atoms with van der Waals surface area (Å²) in [6, 6.07) is 52.9. The normalized spacial score (nSPS) is 11.7. The Bertz CT molecular complexity index is 2470. The molecule has 9 aromatic rings. The van der Waals surface area contributed by atoms with Gasteiger partial charge in [0.05, 0.1) is 11.4 Å². The predicted octanol–water partition coefficient (Wildman–Crippen LogP) is 11.8. The molecule has 0 bridgehead atoms. The summed E-state index contributed by atoms with van der Waals surface area (Å²) in [7, 11) is 0. The van der Waals surface area contributed by atoms with Crippen LogP contribution in [0.25, 0.3) is 65.8 Å². The maximum absolute atomic E-state index is 6.56. The Morgan fingerprint density at radius 2 is 1.02 bits per heavy atom. The van der Waals surface area contributed by atoms with Gasteiger partial charge >= 0.3 is 0 Å². The molecule has 2 heterocycles. The largest absolute Gasteiger partial charge is 0.455 e. The van der Waals surface area contributed by atoms with Gasteiger partial charge in [0.15, 0.2) is 5.58 Å². The first-order valence-electron chi connectivity index (χ1n) is 14.5. The van der Waals surface area contributed by atoms with E-state index in [1.165, 1.54) is 5.39 Å². The molecule has 0 fully saturated rings. The van der Waals surface area contributed by atoms with Gasteiger partial charge in [0, 0.05) is 38.2 Å². The number of fused-ring (bicyclic) bond motifs is 8. The van der Waals surface area contributed by atoms with E-state index in [1.807, 2.05) is 12.1 Å². The van der Waals surface area contributed by atoms with Crippen LogP contribution in [-0.4, -0.2) is 0 Å². The second-order valence-electron chi connectivity index (χ2n) is 10.9. The van der Waals surface area contributed by atoms with Crippen LogP contribution < -0.4 is 4.90 Å². The zero-order valence-corrected chi connectivity index (χ0v) is 23.2. The number of furan rings is 2. The Hall–Kier alpha value is -5.80. The summed E-state index contributed by atoms with van der Waals surface area (Å²) >= 11 is 0. The summed E-state index contributed by atoms with van der Waals surface area (Å²) in [5, 5.41) is 6.74. The fourth-order valence-corrected chi connectivity index (χ4v) is 6.57. The first kappa shape index (κ1) is 23.9. The van der Waals surface area contributed by atoms with Crippen molar-refractivity contribution in [2.24, 2.45) is 0 Å². The Balaban J connectivity index is 1.35. The van der Waals surface area contributed by atoms with Crippen molar-refractivity contribution in [3.63, 3.8) is 0 Å². The lowest BCUT2D eigenvalue weighted by molar-refractivity contribution is 0.669. The van der Waals surface area contributed by atoms with Gasteiger partial charge in [-0.15, -0.1) is 0 Å². The van der Waals surface area contributed by atoms with E-state index < -0.39 is 0 Å². The van der Waals surface area contributed by atoms with Gasteiger partial charge in [-0.05, 0) is 53.4 Å². The third kappa shape index (κ3) is 3.62. The molecule has 0 spiro atoms. The minimum absolute atomic E-state index is 0.862. The Morgan fingerprint density at radius 3 is 1.95 bits per heavy atom. The van der Waals surface area contributed by atoms with Crippen LogP contribution in [0.5, 0.6) is 0 Å². The second-order valence-corrected chi connectivity index (χ2v) is 10.9. The van der Waals surface area contributed by atoms with Crippen molar-refractivity contribution in [2.45, 2.75) is 0 Å². The molecule has 0 atom stereocenters. The molecule has 43 heavy (non-hydrogen) atoms. The predicted molar refractivity (Wildman–Crippen MR) is 179 cm³/mol. The Labute approximate surface area is 247 Å². The van der Waals surface area contributed by atoms with E-state index in [2.05, 4.69) is 144 Å². The number of rotatable bonds is 4. The quantitative estimate of drug-likeness (QED) is 0.218. The van der Waals surface area contributed by atoms with Gasteiger partial charge in [0.1, 0.15) is 16.7 Å². The van der Waals surface area contributed by atoms with Crippen LogP contribution in [0, 0.1) is 0 Å².